The Balaban J connectivity index is 2.57. The normalized spacial score (nSPS) is 28.1. The third-order valence-electron chi connectivity index (χ3n) is 3.64. The van der Waals surface area contributed by atoms with Crippen LogP contribution in [0, 0.1) is 5.41 Å². The molecule has 0 aromatic heterocycles. The third-order valence-corrected chi connectivity index (χ3v) is 3.64. The molecule has 1 rings (SSSR count). The number of hydrogen-bond donors (Lipinski definition) is 3. The lowest BCUT2D eigenvalue weighted by molar-refractivity contribution is -0.129. The van der Waals surface area contributed by atoms with Gasteiger partial charge in [0.25, 0.3) is 0 Å². The maximum absolute atomic E-state index is 12.1. The van der Waals surface area contributed by atoms with Crippen LogP contribution in [0.15, 0.2) is 5.16 Å². The molecule has 0 aromatic carbocycles. The van der Waals surface area contributed by atoms with Crippen LogP contribution in [0.3, 0.4) is 0 Å². The Morgan fingerprint density at radius 2 is 2.24 bits per heavy atom. The van der Waals surface area contributed by atoms with Gasteiger partial charge in [0.1, 0.15) is 5.41 Å². The summed E-state index contributed by atoms with van der Waals surface area (Å²) >= 11 is 0. The lowest BCUT2D eigenvalue weighted by Crippen LogP contribution is -2.54. The summed E-state index contributed by atoms with van der Waals surface area (Å²) in [6, 6.07) is 0.129. The minimum atomic E-state index is -0.951. The van der Waals surface area contributed by atoms with E-state index in [2.05, 4.69) is 10.5 Å². The van der Waals surface area contributed by atoms with Gasteiger partial charge in [-0.15, -0.1) is 0 Å². The molecule has 1 unspecified atom stereocenters. The monoisotopic (exact) mass is 243 g/mol. The molecule has 6 heteroatoms. The molecule has 1 fully saturated rings. The second-order valence-electron chi connectivity index (χ2n) is 4.67. The van der Waals surface area contributed by atoms with Gasteiger partial charge in [-0.2, -0.15) is 0 Å². The van der Waals surface area contributed by atoms with Crippen LogP contribution in [0.1, 0.15) is 33.1 Å². The molecule has 0 aromatic rings. The molecule has 1 amide bonds. The fourth-order valence-electron chi connectivity index (χ4n) is 1.79. The molecule has 1 saturated carbocycles. The molecule has 1 aliphatic carbocycles. The molecule has 0 spiro atoms. The Labute approximate surface area is 101 Å². The number of amides is 1. The number of rotatable bonds is 5. The maximum atomic E-state index is 12.1. The van der Waals surface area contributed by atoms with Crippen LogP contribution < -0.4 is 11.1 Å². The van der Waals surface area contributed by atoms with Crippen LogP contribution in [0.5, 0.6) is 0 Å². The quantitative estimate of drug-likeness (QED) is 0.282. The topological polar surface area (TPSA) is 96.9 Å². The zero-order valence-electron chi connectivity index (χ0n) is 10.6. The number of carbonyl (C=O) groups is 1. The van der Waals surface area contributed by atoms with Crippen molar-refractivity contribution in [1.82, 2.24) is 5.32 Å². The van der Waals surface area contributed by atoms with Crippen LogP contribution in [0.25, 0.3) is 0 Å². The highest BCUT2D eigenvalue weighted by Crippen LogP contribution is 2.26. The SMILES string of the molecule is CCC(C)(C(=O)NC1CC(OC)C1)C(N)=NO. The van der Waals surface area contributed by atoms with Crippen LogP contribution >= 0.6 is 0 Å². The minimum absolute atomic E-state index is 0.0554. The lowest BCUT2D eigenvalue weighted by Gasteiger charge is -2.37. The molecule has 1 aliphatic rings. The number of nitrogens with one attached hydrogen (secondary N) is 1. The number of nitrogens with two attached hydrogens (primary N) is 1. The first kappa shape index (κ1) is 13.8. The number of amidine groups is 1. The largest absolute Gasteiger partial charge is 0.409 e. The van der Waals surface area contributed by atoms with E-state index in [1.54, 1.807) is 14.0 Å². The molecule has 98 valence electrons. The number of nitrogens with zero attached hydrogens (tertiary/aromatic N) is 1. The van der Waals surface area contributed by atoms with Gasteiger partial charge in [0.15, 0.2) is 5.84 Å². The summed E-state index contributed by atoms with van der Waals surface area (Å²) in [6.07, 6.45) is 2.35. The molecule has 17 heavy (non-hydrogen) atoms. The van der Waals surface area contributed by atoms with E-state index in [1.165, 1.54) is 0 Å². The van der Waals surface area contributed by atoms with E-state index in [4.69, 9.17) is 15.7 Å². The van der Waals surface area contributed by atoms with Crippen molar-refractivity contribution < 1.29 is 14.7 Å². The first-order chi connectivity index (χ1) is 7.97. The second kappa shape index (κ2) is 5.35. The van der Waals surface area contributed by atoms with Gasteiger partial charge in [-0.3, -0.25) is 4.79 Å². The zero-order chi connectivity index (χ0) is 13.1. The predicted octanol–water partition coefficient (Wildman–Crippen LogP) is 0.443. The average molecular weight is 243 g/mol. The van der Waals surface area contributed by atoms with Crippen molar-refractivity contribution in [2.24, 2.45) is 16.3 Å². The molecule has 0 aliphatic heterocycles. The Kier molecular flexibility index (Phi) is 4.34. The summed E-state index contributed by atoms with van der Waals surface area (Å²) in [6.45, 7) is 3.50. The maximum Gasteiger partial charge on any atom is 0.233 e. The van der Waals surface area contributed by atoms with Crippen molar-refractivity contribution in [1.29, 1.82) is 0 Å². The van der Waals surface area contributed by atoms with E-state index < -0.39 is 5.41 Å². The highest BCUT2D eigenvalue weighted by molar-refractivity contribution is 6.06. The summed E-state index contributed by atoms with van der Waals surface area (Å²) < 4.78 is 5.14. The summed E-state index contributed by atoms with van der Waals surface area (Å²) in [5, 5.41) is 14.5. The summed E-state index contributed by atoms with van der Waals surface area (Å²) in [5.74, 6) is -0.255. The number of methoxy groups -OCH3 is 1. The molecule has 1 atom stereocenters. The van der Waals surface area contributed by atoms with Crippen molar-refractivity contribution in [2.75, 3.05) is 7.11 Å². The van der Waals surface area contributed by atoms with E-state index in [0.29, 0.717) is 6.42 Å². The summed E-state index contributed by atoms with van der Waals surface area (Å²) in [5.41, 5.74) is 4.61. The Hall–Kier alpha value is -1.30. The first-order valence-electron chi connectivity index (χ1n) is 5.79. The lowest BCUT2D eigenvalue weighted by atomic mass is 9.83. The molecular weight excluding hydrogens is 222 g/mol. The van der Waals surface area contributed by atoms with Crippen molar-refractivity contribution in [2.45, 2.75) is 45.3 Å². The Bertz CT molecular complexity index is 313. The predicted molar refractivity (Wildman–Crippen MR) is 63.8 cm³/mol. The van der Waals surface area contributed by atoms with Gasteiger partial charge in [0.05, 0.1) is 6.10 Å². The van der Waals surface area contributed by atoms with Gasteiger partial charge in [-0.1, -0.05) is 12.1 Å². The van der Waals surface area contributed by atoms with E-state index in [9.17, 15) is 4.79 Å². The van der Waals surface area contributed by atoms with E-state index >= 15 is 0 Å². The smallest absolute Gasteiger partial charge is 0.233 e. The number of hydrogen-bond acceptors (Lipinski definition) is 4. The van der Waals surface area contributed by atoms with Gasteiger partial charge in [-0.05, 0) is 26.2 Å². The van der Waals surface area contributed by atoms with Crippen LogP contribution in [0.2, 0.25) is 0 Å². The van der Waals surface area contributed by atoms with Crippen molar-refractivity contribution in [3.63, 3.8) is 0 Å². The van der Waals surface area contributed by atoms with Crippen LogP contribution in [-0.4, -0.2) is 36.2 Å². The van der Waals surface area contributed by atoms with Crippen molar-refractivity contribution >= 4 is 11.7 Å². The summed E-state index contributed by atoms with van der Waals surface area (Å²) in [4.78, 5) is 12.1. The molecule has 4 N–H and O–H groups in total. The van der Waals surface area contributed by atoms with Gasteiger partial charge in [0.2, 0.25) is 5.91 Å². The fraction of sp³-hybridized carbons (Fsp3) is 0.818. The molecule has 6 nitrogen and oxygen atoms in total. The number of oxime groups is 1. The molecule has 0 radical (unpaired) electrons. The third kappa shape index (κ3) is 2.69. The van der Waals surface area contributed by atoms with Gasteiger partial charge in [0, 0.05) is 13.2 Å². The Morgan fingerprint density at radius 1 is 1.65 bits per heavy atom. The van der Waals surface area contributed by atoms with Gasteiger partial charge in [-0.25, -0.2) is 0 Å². The molecular formula is C11H21N3O3. The van der Waals surface area contributed by atoms with Gasteiger partial charge >= 0.3 is 0 Å². The molecule has 0 saturated heterocycles. The summed E-state index contributed by atoms with van der Waals surface area (Å²) in [7, 11) is 1.66. The number of carbonyl (C=O) groups excluding carboxylic acids is 1. The molecule has 0 bridgehead atoms. The zero-order valence-corrected chi connectivity index (χ0v) is 10.6. The minimum Gasteiger partial charge on any atom is -0.409 e. The van der Waals surface area contributed by atoms with E-state index in [1.807, 2.05) is 6.92 Å². The standard InChI is InChI=1S/C11H21N3O3/c1-4-11(2,9(12)14-16)10(15)13-7-5-8(6-7)17-3/h7-8,16H,4-6H2,1-3H3,(H2,12,14)(H,13,15). The second-order valence-corrected chi connectivity index (χ2v) is 4.67. The number of ether oxygens (including phenoxy) is 1. The Morgan fingerprint density at radius 3 is 2.65 bits per heavy atom. The highest BCUT2D eigenvalue weighted by atomic mass is 16.5. The first-order valence-corrected chi connectivity index (χ1v) is 5.79. The van der Waals surface area contributed by atoms with Crippen LogP contribution in [-0.2, 0) is 9.53 Å². The fourth-order valence-corrected chi connectivity index (χ4v) is 1.79. The average Bonchev–Trinajstić information content (AvgIpc) is 2.30. The molecule has 0 heterocycles. The highest BCUT2D eigenvalue weighted by Gasteiger charge is 2.39. The van der Waals surface area contributed by atoms with E-state index in [0.717, 1.165) is 12.8 Å². The van der Waals surface area contributed by atoms with Crippen molar-refractivity contribution in [3.8, 4) is 0 Å². The van der Waals surface area contributed by atoms with Crippen molar-refractivity contribution in [3.05, 3.63) is 0 Å². The van der Waals surface area contributed by atoms with Crippen LogP contribution in [0.4, 0.5) is 0 Å². The van der Waals surface area contributed by atoms with Gasteiger partial charge < -0.3 is 21.0 Å². The van der Waals surface area contributed by atoms with E-state index in [-0.39, 0.29) is 23.9 Å².